The lowest BCUT2D eigenvalue weighted by Gasteiger charge is -2.30. The first kappa shape index (κ1) is 21.3. The molecule has 0 fully saturated rings. The van der Waals surface area contributed by atoms with Crippen molar-refractivity contribution in [3.63, 3.8) is 0 Å². The first-order chi connectivity index (χ1) is 14.3. The predicted octanol–water partition coefficient (Wildman–Crippen LogP) is 2.16. The number of ketones is 1. The molecule has 3 rings (SSSR count). The molecule has 8 nitrogen and oxygen atoms in total. The Labute approximate surface area is 176 Å². The second-order valence-corrected chi connectivity index (χ2v) is 7.57. The van der Waals surface area contributed by atoms with Crippen molar-refractivity contribution in [3.05, 3.63) is 58.6 Å². The summed E-state index contributed by atoms with van der Waals surface area (Å²) >= 11 is 0. The van der Waals surface area contributed by atoms with Crippen LogP contribution in [-0.2, 0) is 17.8 Å². The van der Waals surface area contributed by atoms with Crippen LogP contribution in [0.4, 0.5) is 4.79 Å². The summed E-state index contributed by atoms with van der Waals surface area (Å²) < 4.78 is 5.80. The van der Waals surface area contributed by atoms with E-state index in [1.54, 1.807) is 36.3 Å². The van der Waals surface area contributed by atoms with Gasteiger partial charge in [0.2, 0.25) is 5.88 Å². The molecule has 1 aliphatic rings. The van der Waals surface area contributed by atoms with Crippen molar-refractivity contribution >= 4 is 17.5 Å². The number of nitrogens with zero attached hydrogens (tertiary/aromatic N) is 4. The van der Waals surface area contributed by atoms with Gasteiger partial charge in [-0.3, -0.25) is 9.78 Å². The average molecular weight is 409 g/mol. The van der Waals surface area contributed by atoms with Gasteiger partial charge in [-0.15, -0.1) is 0 Å². The van der Waals surface area contributed by atoms with Crippen LogP contribution in [0.15, 0.2) is 36.2 Å². The minimum absolute atomic E-state index is 0.0155. The normalized spacial score (nSPS) is 13.9. The molecule has 0 spiro atoms. The third-order valence-corrected chi connectivity index (χ3v) is 5.06. The fourth-order valence-electron chi connectivity index (χ4n) is 3.26. The van der Waals surface area contributed by atoms with Gasteiger partial charge >= 0.3 is 6.03 Å². The lowest BCUT2D eigenvalue weighted by Crippen LogP contribution is -2.42. The maximum absolute atomic E-state index is 12.2. The topological polar surface area (TPSA) is 102 Å². The Balaban J connectivity index is 1.73. The number of rotatable bonds is 5. The van der Waals surface area contributed by atoms with Gasteiger partial charge in [-0.25, -0.2) is 9.78 Å². The quantitative estimate of drug-likeness (QED) is 0.760. The highest BCUT2D eigenvalue weighted by Crippen LogP contribution is 2.23. The van der Waals surface area contributed by atoms with E-state index in [2.05, 4.69) is 9.97 Å². The Hall–Kier alpha value is -3.42. The van der Waals surface area contributed by atoms with E-state index in [9.17, 15) is 9.59 Å². The zero-order valence-electron chi connectivity index (χ0n) is 17.8. The fourth-order valence-corrected chi connectivity index (χ4v) is 3.26. The van der Waals surface area contributed by atoms with E-state index < -0.39 is 0 Å². The molecule has 0 aliphatic carbocycles. The number of nitrogens with two attached hydrogens (primary N) is 1. The molecule has 30 heavy (non-hydrogen) atoms. The van der Waals surface area contributed by atoms with Crippen molar-refractivity contribution in [2.75, 3.05) is 27.2 Å². The van der Waals surface area contributed by atoms with Crippen LogP contribution < -0.4 is 10.5 Å². The number of carbonyl (C=O) groups is 2. The summed E-state index contributed by atoms with van der Waals surface area (Å²) in [7, 11) is 3.48. The molecular formula is C22H27N5O3. The van der Waals surface area contributed by atoms with Crippen LogP contribution in [0.2, 0.25) is 0 Å². The minimum Gasteiger partial charge on any atom is -0.473 e. The van der Waals surface area contributed by atoms with E-state index >= 15 is 0 Å². The molecular weight excluding hydrogens is 382 g/mol. The van der Waals surface area contributed by atoms with Crippen LogP contribution in [0.1, 0.15) is 29.3 Å². The highest BCUT2D eigenvalue weighted by atomic mass is 16.5. The fraction of sp³-hybridized carbons (Fsp3) is 0.364. The number of Topliss-reactive ketones (excluding diaryl/α,β-unsaturated/α-hetero) is 1. The number of ether oxygens (including phenoxy) is 1. The van der Waals surface area contributed by atoms with Crippen LogP contribution in [-0.4, -0.2) is 58.8 Å². The average Bonchev–Trinajstić information content (AvgIpc) is 2.73. The number of aromatic nitrogens is 2. The lowest BCUT2D eigenvalue weighted by molar-refractivity contribution is -0.113. The Morgan fingerprint density at radius 3 is 2.60 bits per heavy atom. The summed E-state index contributed by atoms with van der Waals surface area (Å²) in [5.41, 5.74) is 10.6. The first-order valence-electron chi connectivity index (χ1n) is 9.75. The lowest BCUT2D eigenvalue weighted by atomic mass is 10.0. The van der Waals surface area contributed by atoms with Gasteiger partial charge in [-0.1, -0.05) is 0 Å². The Kier molecular flexibility index (Phi) is 6.34. The standard InChI is InChI=1S/C22H27N5O3/c1-14-5-6-17(10-24-14)21(23)19(15(2)28)13-30-20-9-16-7-8-27(22(29)26(3)4)12-18(16)11-25-20/h5-6,9-11H,7-8,12-13,23H2,1-4H3/b21-19-. The second-order valence-electron chi connectivity index (χ2n) is 7.57. The minimum atomic E-state index is -0.163. The summed E-state index contributed by atoms with van der Waals surface area (Å²) in [5.74, 6) is 0.263. The predicted molar refractivity (Wildman–Crippen MR) is 114 cm³/mol. The maximum Gasteiger partial charge on any atom is 0.319 e. The molecule has 8 heteroatoms. The summed E-state index contributed by atoms with van der Waals surface area (Å²) in [5, 5.41) is 0. The zero-order chi connectivity index (χ0) is 21.8. The molecule has 0 saturated carbocycles. The molecule has 2 N–H and O–H groups in total. The Bertz CT molecular complexity index is 983. The molecule has 158 valence electrons. The number of aryl methyl sites for hydroxylation is 1. The Morgan fingerprint density at radius 1 is 1.20 bits per heavy atom. The number of urea groups is 1. The molecule has 0 unspecified atom stereocenters. The highest BCUT2D eigenvalue weighted by molar-refractivity contribution is 6.00. The monoisotopic (exact) mass is 409 g/mol. The zero-order valence-corrected chi connectivity index (χ0v) is 17.8. The van der Waals surface area contributed by atoms with Gasteiger partial charge in [0.25, 0.3) is 0 Å². The van der Waals surface area contributed by atoms with E-state index in [4.69, 9.17) is 10.5 Å². The van der Waals surface area contributed by atoms with Crippen molar-refractivity contribution in [3.8, 4) is 5.88 Å². The van der Waals surface area contributed by atoms with E-state index in [0.717, 1.165) is 23.2 Å². The Morgan fingerprint density at radius 2 is 1.97 bits per heavy atom. The van der Waals surface area contributed by atoms with Crippen LogP contribution in [0.25, 0.3) is 5.70 Å². The van der Waals surface area contributed by atoms with E-state index in [1.165, 1.54) is 6.92 Å². The van der Waals surface area contributed by atoms with Gasteiger partial charge in [-0.05, 0) is 43.5 Å². The number of pyridine rings is 2. The first-order valence-corrected chi connectivity index (χ1v) is 9.75. The van der Waals surface area contributed by atoms with Gasteiger partial charge in [-0.2, -0.15) is 0 Å². The van der Waals surface area contributed by atoms with Crippen LogP contribution in [0.5, 0.6) is 5.88 Å². The number of hydrogen-bond donors (Lipinski definition) is 1. The number of fused-ring (bicyclic) bond motifs is 1. The molecule has 0 radical (unpaired) electrons. The van der Waals surface area contributed by atoms with Gasteiger partial charge in [0, 0.05) is 56.9 Å². The van der Waals surface area contributed by atoms with Crippen molar-refractivity contribution in [1.82, 2.24) is 19.8 Å². The van der Waals surface area contributed by atoms with E-state index in [0.29, 0.717) is 35.8 Å². The molecule has 1 aliphatic heterocycles. The highest BCUT2D eigenvalue weighted by Gasteiger charge is 2.23. The van der Waals surface area contributed by atoms with Gasteiger partial charge < -0.3 is 20.3 Å². The number of carbonyl (C=O) groups excluding carboxylic acids is 2. The SMILES string of the molecule is CC(=O)/C(COc1cc2c(cn1)CN(C(=O)N(C)C)CC2)=C(\N)c1ccc(C)nc1. The molecule has 2 amide bonds. The van der Waals surface area contributed by atoms with Gasteiger partial charge in [0.05, 0.1) is 11.3 Å². The second kappa shape index (κ2) is 8.94. The van der Waals surface area contributed by atoms with Gasteiger partial charge in [0.1, 0.15) is 6.61 Å². The molecule has 0 atom stereocenters. The smallest absolute Gasteiger partial charge is 0.319 e. The molecule has 3 heterocycles. The number of hydrogen-bond acceptors (Lipinski definition) is 6. The molecule has 2 aromatic heterocycles. The van der Waals surface area contributed by atoms with Crippen molar-refractivity contribution < 1.29 is 14.3 Å². The summed E-state index contributed by atoms with van der Waals surface area (Å²) in [6.45, 7) is 4.52. The molecule has 0 saturated heterocycles. The summed E-state index contributed by atoms with van der Waals surface area (Å²) in [6, 6.07) is 5.53. The van der Waals surface area contributed by atoms with Crippen LogP contribution >= 0.6 is 0 Å². The summed E-state index contributed by atoms with van der Waals surface area (Å²) in [6.07, 6.45) is 4.09. The van der Waals surface area contributed by atoms with E-state index in [1.807, 2.05) is 25.1 Å². The molecule has 0 bridgehead atoms. The summed E-state index contributed by atoms with van der Waals surface area (Å²) in [4.78, 5) is 36.2. The van der Waals surface area contributed by atoms with Crippen LogP contribution in [0, 0.1) is 6.92 Å². The number of amides is 2. The molecule has 2 aromatic rings. The molecule has 0 aromatic carbocycles. The largest absolute Gasteiger partial charge is 0.473 e. The maximum atomic E-state index is 12.2. The van der Waals surface area contributed by atoms with Crippen molar-refractivity contribution in [2.24, 2.45) is 5.73 Å². The van der Waals surface area contributed by atoms with Gasteiger partial charge in [0.15, 0.2) is 5.78 Å². The van der Waals surface area contributed by atoms with E-state index in [-0.39, 0.29) is 18.4 Å². The third kappa shape index (κ3) is 4.76. The van der Waals surface area contributed by atoms with Crippen molar-refractivity contribution in [2.45, 2.75) is 26.8 Å². The van der Waals surface area contributed by atoms with Crippen LogP contribution in [0.3, 0.4) is 0 Å². The third-order valence-electron chi connectivity index (χ3n) is 5.06. The van der Waals surface area contributed by atoms with Crippen molar-refractivity contribution in [1.29, 1.82) is 0 Å².